The molecule has 1 rings (SSSR count). The molecule has 0 aromatic rings. The van der Waals surface area contributed by atoms with E-state index in [0.29, 0.717) is 32.8 Å². The standard InChI is InChI=1S/C10H18N4O3/c1-2-17-10(16)14-5-3-13(4-6-14)9(15)7-8(11)12/h2-7H2,1H3,(H3,11,12). The van der Waals surface area contributed by atoms with Crippen molar-refractivity contribution in [1.29, 1.82) is 5.41 Å². The number of nitrogens with two attached hydrogens (primary N) is 1. The van der Waals surface area contributed by atoms with Gasteiger partial charge < -0.3 is 20.3 Å². The summed E-state index contributed by atoms with van der Waals surface area (Å²) in [6, 6.07) is 0. The number of amides is 2. The van der Waals surface area contributed by atoms with Crippen molar-refractivity contribution in [3.05, 3.63) is 0 Å². The average molecular weight is 242 g/mol. The van der Waals surface area contributed by atoms with Gasteiger partial charge in [-0.15, -0.1) is 0 Å². The number of ether oxygens (including phenoxy) is 1. The van der Waals surface area contributed by atoms with Crippen LogP contribution in [0.1, 0.15) is 13.3 Å². The second-order valence-electron chi connectivity index (χ2n) is 3.77. The second-order valence-corrected chi connectivity index (χ2v) is 3.77. The molecule has 0 atom stereocenters. The maximum absolute atomic E-state index is 11.6. The van der Waals surface area contributed by atoms with Crippen LogP contribution in [0.25, 0.3) is 0 Å². The lowest BCUT2D eigenvalue weighted by Crippen LogP contribution is -2.51. The molecule has 0 aromatic heterocycles. The highest BCUT2D eigenvalue weighted by molar-refractivity contribution is 5.97. The maximum Gasteiger partial charge on any atom is 0.409 e. The molecule has 0 aromatic carbocycles. The third kappa shape index (κ3) is 3.93. The molecule has 1 heterocycles. The number of nitrogens with zero attached hydrogens (tertiary/aromatic N) is 2. The molecule has 96 valence electrons. The van der Waals surface area contributed by atoms with Crippen molar-refractivity contribution in [2.45, 2.75) is 13.3 Å². The molecule has 0 spiro atoms. The summed E-state index contributed by atoms with van der Waals surface area (Å²) >= 11 is 0. The van der Waals surface area contributed by atoms with Crippen LogP contribution in [0.3, 0.4) is 0 Å². The zero-order chi connectivity index (χ0) is 12.8. The van der Waals surface area contributed by atoms with Gasteiger partial charge in [0, 0.05) is 26.2 Å². The van der Waals surface area contributed by atoms with E-state index in [2.05, 4.69) is 0 Å². The minimum Gasteiger partial charge on any atom is -0.450 e. The fourth-order valence-electron chi connectivity index (χ4n) is 1.63. The van der Waals surface area contributed by atoms with Crippen molar-refractivity contribution in [3.8, 4) is 0 Å². The van der Waals surface area contributed by atoms with E-state index in [1.807, 2.05) is 0 Å². The van der Waals surface area contributed by atoms with E-state index in [-0.39, 0.29) is 24.3 Å². The summed E-state index contributed by atoms with van der Waals surface area (Å²) in [6.07, 6.45) is -0.398. The lowest BCUT2D eigenvalue weighted by atomic mass is 10.3. The van der Waals surface area contributed by atoms with E-state index < -0.39 is 0 Å². The van der Waals surface area contributed by atoms with Gasteiger partial charge in [-0.05, 0) is 6.92 Å². The van der Waals surface area contributed by atoms with E-state index in [9.17, 15) is 9.59 Å². The monoisotopic (exact) mass is 242 g/mol. The van der Waals surface area contributed by atoms with Gasteiger partial charge in [0.05, 0.1) is 18.9 Å². The summed E-state index contributed by atoms with van der Waals surface area (Å²) in [5.74, 6) is -0.302. The topological polar surface area (TPSA) is 99.7 Å². The Kier molecular flexibility index (Phi) is 4.74. The highest BCUT2D eigenvalue weighted by atomic mass is 16.6. The van der Waals surface area contributed by atoms with Crippen LogP contribution in [0, 0.1) is 5.41 Å². The van der Waals surface area contributed by atoms with Crippen molar-refractivity contribution in [2.75, 3.05) is 32.8 Å². The molecule has 1 saturated heterocycles. The number of hydrogen-bond acceptors (Lipinski definition) is 4. The third-order valence-corrected chi connectivity index (χ3v) is 2.50. The number of nitrogens with one attached hydrogen (secondary N) is 1. The number of piperazine rings is 1. The molecule has 1 fully saturated rings. The van der Waals surface area contributed by atoms with Crippen LogP contribution >= 0.6 is 0 Å². The first-order chi connectivity index (χ1) is 8.04. The number of carbonyl (C=O) groups is 2. The van der Waals surface area contributed by atoms with Crippen LogP contribution in [0.15, 0.2) is 0 Å². The van der Waals surface area contributed by atoms with E-state index in [1.165, 1.54) is 0 Å². The molecule has 0 aliphatic carbocycles. The molecular weight excluding hydrogens is 224 g/mol. The predicted molar refractivity (Wildman–Crippen MR) is 61.7 cm³/mol. The van der Waals surface area contributed by atoms with Crippen LogP contribution in [-0.4, -0.2) is 60.4 Å². The van der Waals surface area contributed by atoms with Crippen molar-refractivity contribution >= 4 is 17.8 Å². The first kappa shape index (κ1) is 13.3. The van der Waals surface area contributed by atoms with Crippen molar-refractivity contribution in [2.24, 2.45) is 5.73 Å². The third-order valence-electron chi connectivity index (χ3n) is 2.50. The first-order valence-electron chi connectivity index (χ1n) is 5.57. The molecule has 3 N–H and O–H groups in total. The Bertz CT molecular complexity index is 311. The van der Waals surface area contributed by atoms with Gasteiger partial charge in [-0.25, -0.2) is 4.79 Å². The minimum atomic E-state index is -0.342. The van der Waals surface area contributed by atoms with Gasteiger partial charge in [0.15, 0.2) is 0 Å². The summed E-state index contributed by atoms with van der Waals surface area (Å²) in [4.78, 5) is 26.2. The summed E-state index contributed by atoms with van der Waals surface area (Å²) in [6.45, 7) is 3.95. The fourth-order valence-corrected chi connectivity index (χ4v) is 1.63. The Labute approximate surface area is 100.0 Å². The molecule has 0 unspecified atom stereocenters. The van der Waals surface area contributed by atoms with E-state index in [0.717, 1.165) is 0 Å². The Balaban J connectivity index is 2.37. The van der Waals surface area contributed by atoms with Gasteiger partial charge in [-0.3, -0.25) is 10.2 Å². The fraction of sp³-hybridized carbons (Fsp3) is 0.700. The SMILES string of the molecule is CCOC(=O)N1CCN(C(=O)CC(=N)N)CC1. The van der Waals surface area contributed by atoms with Crippen LogP contribution in [0.5, 0.6) is 0 Å². The van der Waals surface area contributed by atoms with Crippen LogP contribution in [-0.2, 0) is 9.53 Å². The zero-order valence-corrected chi connectivity index (χ0v) is 9.94. The van der Waals surface area contributed by atoms with E-state index in [4.69, 9.17) is 15.9 Å². The number of hydrogen-bond donors (Lipinski definition) is 2. The maximum atomic E-state index is 11.6. The van der Waals surface area contributed by atoms with Crippen LogP contribution < -0.4 is 5.73 Å². The van der Waals surface area contributed by atoms with Crippen LogP contribution in [0.2, 0.25) is 0 Å². The van der Waals surface area contributed by atoms with Gasteiger partial charge in [-0.2, -0.15) is 0 Å². The van der Waals surface area contributed by atoms with Gasteiger partial charge in [0.1, 0.15) is 0 Å². The second kappa shape index (κ2) is 6.07. The molecule has 7 nitrogen and oxygen atoms in total. The van der Waals surface area contributed by atoms with Gasteiger partial charge in [-0.1, -0.05) is 0 Å². The Morgan fingerprint density at radius 3 is 2.24 bits per heavy atom. The quantitative estimate of drug-likeness (QED) is 0.520. The van der Waals surface area contributed by atoms with Crippen LogP contribution in [0.4, 0.5) is 4.79 Å². The van der Waals surface area contributed by atoms with Crippen molar-refractivity contribution < 1.29 is 14.3 Å². The first-order valence-corrected chi connectivity index (χ1v) is 5.57. The Hall–Kier alpha value is -1.79. The van der Waals surface area contributed by atoms with Gasteiger partial charge >= 0.3 is 6.09 Å². The smallest absolute Gasteiger partial charge is 0.409 e. The summed E-state index contributed by atoms with van der Waals surface area (Å²) < 4.78 is 4.87. The summed E-state index contributed by atoms with van der Waals surface area (Å²) in [5, 5.41) is 7.05. The van der Waals surface area contributed by atoms with Crippen molar-refractivity contribution in [3.63, 3.8) is 0 Å². The molecule has 0 bridgehead atoms. The van der Waals surface area contributed by atoms with Gasteiger partial charge in [0.2, 0.25) is 5.91 Å². The normalized spacial score (nSPS) is 15.6. The highest BCUT2D eigenvalue weighted by Gasteiger charge is 2.24. The summed E-state index contributed by atoms with van der Waals surface area (Å²) in [7, 11) is 0. The van der Waals surface area contributed by atoms with Crippen molar-refractivity contribution in [1.82, 2.24) is 9.80 Å². The molecule has 1 aliphatic rings. The Morgan fingerprint density at radius 1 is 1.24 bits per heavy atom. The molecule has 0 saturated carbocycles. The minimum absolute atomic E-state index is 0.0561. The molecular formula is C10H18N4O3. The number of amidine groups is 1. The molecule has 1 aliphatic heterocycles. The molecule has 0 radical (unpaired) electrons. The lowest BCUT2D eigenvalue weighted by molar-refractivity contribution is -0.131. The van der Waals surface area contributed by atoms with E-state index in [1.54, 1.807) is 16.7 Å². The summed E-state index contributed by atoms with van der Waals surface area (Å²) in [5.41, 5.74) is 5.17. The highest BCUT2D eigenvalue weighted by Crippen LogP contribution is 2.05. The van der Waals surface area contributed by atoms with Gasteiger partial charge in [0.25, 0.3) is 0 Å². The zero-order valence-electron chi connectivity index (χ0n) is 9.94. The number of carbonyl (C=O) groups excluding carboxylic acids is 2. The predicted octanol–water partition coefficient (Wildman–Crippen LogP) is -0.387. The van der Waals surface area contributed by atoms with E-state index >= 15 is 0 Å². The lowest BCUT2D eigenvalue weighted by Gasteiger charge is -2.34. The Morgan fingerprint density at radius 2 is 1.76 bits per heavy atom. The molecule has 2 amide bonds. The number of rotatable bonds is 3. The molecule has 7 heteroatoms. The largest absolute Gasteiger partial charge is 0.450 e. The molecule has 17 heavy (non-hydrogen) atoms. The average Bonchev–Trinajstić information content (AvgIpc) is 2.28.